The predicted molar refractivity (Wildman–Crippen MR) is 170 cm³/mol. The Morgan fingerprint density at radius 1 is 1.02 bits per heavy atom. The van der Waals surface area contributed by atoms with Gasteiger partial charge < -0.3 is 20.5 Å². The summed E-state index contributed by atoms with van der Waals surface area (Å²) in [4.78, 5) is 24.5. The number of carbonyl (C=O) groups excluding carboxylic acids is 2. The maximum Gasteiger partial charge on any atom is 0.456 e. The monoisotopic (exact) mass is 668 g/mol. The zero-order valence-electron chi connectivity index (χ0n) is 26.6. The molecule has 2 amide bonds. The second-order valence-electron chi connectivity index (χ2n) is 13.4. The molecule has 2 aromatic rings. The summed E-state index contributed by atoms with van der Waals surface area (Å²) in [6.45, 7) is 1.47. The lowest BCUT2D eigenvalue weighted by Gasteiger charge is -2.56. The number of halogens is 5. The number of carbonyl (C=O) groups is 2. The van der Waals surface area contributed by atoms with Crippen LogP contribution in [0.25, 0.3) is 0 Å². The number of fused-ring (bicyclic) bond motifs is 4. The predicted octanol–water partition coefficient (Wildman–Crippen LogP) is 7.70. The average Bonchev–Trinajstić information content (AvgIpc) is 3.33. The summed E-state index contributed by atoms with van der Waals surface area (Å²) in [7, 11) is 1.55. The average molecular weight is 669 g/mol. The van der Waals surface area contributed by atoms with Crippen LogP contribution in [0.4, 0.5) is 32.4 Å². The van der Waals surface area contributed by atoms with Gasteiger partial charge in [0.25, 0.3) is 0 Å². The largest absolute Gasteiger partial charge is 0.497 e. The molecule has 0 aliphatic heterocycles. The Labute approximate surface area is 275 Å². The number of rotatable bonds is 5. The van der Waals surface area contributed by atoms with Crippen molar-refractivity contribution >= 4 is 17.5 Å². The van der Waals surface area contributed by atoms with E-state index in [9.17, 15) is 27.9 Å². The normalized spacial score (nSPS) is 28.3. The molecule has 11 heteroatoms. The van der Waals surface area contributed by atoms with Crippen molar-refractivity contribution in [3.05, 3.63) is 82.5 Å². The van der Waals surface area contributed by atoms with Crippen molar-refractivity contribution in [2.45, 2.75) is 75.5 Å². The number of methoxy groups -OCH3 is 1. The maximum atomic E-state index is 15.2. The Balaban J connectivity index is 1.26. The van der Waals surface area contributed by atoms with Gasteiger partial charge in [0.1, 0.15) is 11.4 Å². The van der Waals surface area contributed by atoms with Crippen molar-refractivity contribution < 1.29 is 41.4 Å². The highest BCUT2D eigenvalue weighted by atomic mass is 19.4. The molecule has 4 aliphatic carbocycles. The summed E-state index contributed by atoms with van der Waals surface area (Å²) < 4.78 is 76.9. The van der Waals surface area contributed by atoms with Crippen LogP contribution >= 0.6 is 0 Å². The van der Waals surface area contributed by atoms with E-state index in [-0.39, 0.29) is 31.1 Å². The number of hydrogen-bond acceptors (Lipinski definition) is 4. The molecule has 0 radical (unpaired) electrons. The molecule has 6 rings (SSSR count). The fourth-order valence-corrected chi connectivity index (χ4v) is 8.63. The smallest absolute Gasteiger partial charge is 0.456 e. The van der Waals surface area contributed by atoms with E-state index in [0.29, 0.717) is 42.7 Å². The first kappa shape index (κ1) is 33.7. The highest BCUT2D eigenvalue weighted by Gasteiger charge is 2.79. The highest BCUT2D eigenvalue weighted by molar-refractivity contribution is 5.93. The second kappa shape index (κ2) is 12.4. The SMILES string of the molecule is COc1ccc(NC(=O)NCC#Cc2ccc([C@H]3C[C@@]4(C)[C@@H](CC[C@@]4(O)C(F)(F)C(F)(F)F)[C@@H]4CCC5=CC(=O)CCC5=C43)cc2)cc1. The molecule has 254 valence electrons. The summed E-state index contributed by atoms with van der Waals surface area (Å²) in [6, 6.07) is 13.5. The molecule has 3 N–H and O–H groups in total. The van der Waals surface area contributed by atoms with E-state index < -0.39 is 47.4 Å². The minimum atomic E-state index is -5.90. The number of allylic oxidation sites excluding steroid dienone is 4. The number of ether oxygens (including phenoxy) is 1. The Bertz CT molecular complexity index is 1720. The van der Waals surface area contributed by atoms with E-state index >= 15 is 8.78 Å². The van der Waals surface area contributed by atoms with E-state index in [1.807, 2.05) is 0 Å². The van der Waals surface area contributed by atoms with Gasteiger partial charge in [0, 0.05) is 29.0 Å². The molecule has 48 heavy (non-hydrogen) atoms. The van der Waals surface area contributed by atoms with Crippen LogP contribution in [0, 0.1) is 29.1 Å². The molecule has 0 aromatic heterocycles. The molecule has 0 bridgehead atoms. The number of urea groups is 1. The molecule has 5 atom stereocenters. The third kappa shape index (κ3) is 5.68. The van der Waals surface area contributed by atoms with Crippen LogP contribution in [-0.2, 0) is 4.79 Å². The summed E-state index contributed by atoms with van der Waals surface area (Å²) in [5.74, 6) is -0.110. The quantitative estimate of drug-likeness (QED) is 0.225. The van der Waals surface area contributed by atoms with E-state index in [4.69, 9.17) is 4.74 Å². The van der Waals surface area contributed by atoms with Crippen molar-refractivity contribution in [1.82, 2.24) is 5.32 Å². The summed E-state index contributed by atoms with van der Waals surface area (Å²) in [5, 5.41) is 16.8. The van der Waals surface area contributed by atoms with Gasteiger partial charge in [-0.05, 0) is 110 Å². The van der Waals surface area contributed by atoms with Crippen LogP contribution in [0.3, 0.4) is 0 Å². The Kier molecular flexibility index (Phi) is 8.69. The van der Waals surface area contributed by atoms with Crippen LogP contribution in [0.5, 0.6) is 5.75 Å². The summed E-state index contributed by atoms with van der Waals surface area (Å²) in [5.41, 5.74) is -0.0951. The fourth-order valence-electron chi connectivity index (χ4n) is 8.63. The first-order valence-corrected chi connectivity index (χ1v) is 16.1. The lowest BCUT2D eigenvalue weighted by Crippen LogP contribution is -2.65. The minimum Gasteiger partial charge on any atom is -0.497 e. The first-order valence-electron chi connectivity index (χ1n) is 16.1. The standard InChI is InChI=1S/C37H37F5N2O4/c1-34-21-30(23-7-5-22(6-8-23)4-3-19-43-33(46)44-25-10-13-27(48-2)14-11-25)32-28-16-12-26(45)20-24(28)9-15-29(32)31(34)17-18-35(34,47)36(38,39)37(40,41)42/h5-8,10-11,13-14,20,29-31,47H,9,12,15-19,21H2,1-2H3,(H2,43,44,46)/t29-,30+,31-,34-,35-/m0/s1. The second-order valence-corrected chi connectivity index (χ2v) is 13.4. The van der Waals surface area contributed by atoms with Crippen LogP contribution in [0.15, 0.2) is 71.3 Å². The number of hydrogen-bond donors (Lipinski definition) is 3. The molecule has 0 unspecified atom stereocenters. The molecule has 6 nitrogen and oxygen atoms in total. The van der Waals surface area contributed by atoms with Gasteiger partial charge in [-0.15, -0.1) is 0 Å². The van der Waals surface area contributed by atoms with Gasteiger partial charge in [0.05, 0.1) is 13.7 Å². The maximum absolute atomic E-state index is 15.2. The lowest BCUT2D eigenvalue weighted by molar-refractivity contribution is -0.362. The first-order chi connectivity index (χ1) is 22.7. The molecule has 0 heterocycles. The molecule has 2 aromatic carbocycles. The number of benzene rings is 2. The van der Waals surface area contributed by atoms with Crippen LogP contribution in [-0.4, -0.2) is 48.3 Å². The number of ketones is 1. The molecular formula is C37H37F5N2O4. The van der Waals surface area contributed by atoms with Gasteiger partial charge in [0.15, 0.2) is 5.78 Å². The van der Waals surface area contributed by atoms with E-state index in [2.05, 4.69) is 22.5 Å². The van der Waals surface area contributed by atoms with E-state index in [0.717, 1.165) is 22.3 Å². The third-order valence-corrected chi connectivity index (χ3v) is 11.0. The number of nitrogens with one attached hydrogen (secondary N) is 2. The van der Waals surface area contributed by atoms with E-state index in [1.165, 1.54) is 6.92 Å². The number of alkyl halides is 5. The van der Waals surface area contributed by atoms with Gasteiger partial charge in [-0.1, -0.05) is 36.5 Å². The topological polar surface area (TPSA) is 87.7 Å². The lowest BCUT2D eigenvalue weighted by atomic mass is 9.50. The summed E-state index contributed by atoms with van der Waals surface area (Å²) >= 11 is 0. The number of aliphatic hydroxyl groups is 1. The Morgan fingerprint density at radius 2 is 1.73 bits per heavy atom. The third-order valence-electron chi connectivity index (χ3n) is 11.0. The van der Waals surface area contributed by atoms with Crippen LogP contribution < -0.4 is 15.4 Å². The zero-order chi connectivity index (χ0) is 34.5. The Hall–Kier alpha value is -4.17. The zero-order valence-corrected chi connectivity index (χ0v) is 26.6. The van der Waals surface area contributed by atoms with Crippen molar-refractivity contribution in [3.8, 4) is 17.6 Å². The van der Waals surface area contributed by atoms with Crippen molar-refractivity contribution in [2.24, 2.45) is 17.3 Å². The van der Waals surface area contributed by atoms with Crippen molar-refractivity contribution in [2.75, 3.05) is 19.0 Å². The number of amides is 2. The molecular weight excluding hydrogens is 631 g/mol. The molecule has 0 spiro atoms. The number of anilines is 1. The minimum absolute atomic E-state index is 0.0284. The van der Waals surface area contributed by atoms with Gasteiger partial charge in [0.2, 0.25) is 0 Å². The molecule has 2 saturated carbocycles. The molecule has 4 aliphatic rings. The van der Waals surface area contributed by atoms with Crippen LogP contribution in [0.1, 0.15) is 68.9 Å². The van der Waals surface area contributed by atoms with Crippen molar-refractivity contribution in [1.29, 1.82) is 0 Å². The van der Waals surface area contributed by atoms with Gasteiger partial charge in [-0.25, -0.2) is 4.79 Å². The fraction of sp³-hybridized carbons (Fsp3) is 0.459. The summed E-state index contributed by atoms with van der Waals surface area (Å²) in [6.07, 6.45) is -3.03. The molecule has 2 fully saturated rings. The van der Waals surface area contributed by atoms with Crippen LogP contribution in [0.2, 0.25) is 0 Å². The Morgan fingerprint density at radius 3 is 2.40 bits per heavy atom. The molecule has 0 saturated heterocycles. The van der Waals surface area contributed by atoms with E-state index in [1.54, 1.807) is 61.7 Å². The van der Waals surface area contributed by atoms with Gasteiger partial charge in [-0.2, -0.15) is 22.0 Å². The van der Waals surface area contributed by atoms with Crippen molar-refractivity contribution in [3.63, 3.8) is 0 Å². The highest BCUT2D eigenvalue weighted by Crippen LogP contribution is 2.70. The van der Waals surface area contributed by atoms with Gasteiger partial charge in [-0.3, -0.25) is 4.79 Å². The van der Waals surface area contributed by atoms with Gasteiger partial charge >= 0.3 is 18.1 Å².